The second-order valence-electron chi connectivity index (χ2n) is 7.53. The lowest BCUT2D eigenvalue weighted by Crippen LogP contribution is -2.72. The summed E-state index contributed by atoms with van der Waals surface area (Å²) in [6, 6.07) is 4.43. The Morgan fingerprint density at radius 2 is 1.68 bits per heavy atom. The van der Waals surface area contributed by atoms with Crippen molar-refractivity contribution < 1.29 is 4.79 Å². The summed E-state index contributed by atoms with van der Waals surface area (Å²) >= 11 is 3.42. The Bertz CT molecular complexity index is 556. The maximum atomic E-state index is 12.3. The minimum absolute atomic E-state index is 0.221. The summed E-state index contributed by atoms with van der Waals surface area (Å²) in [5.74, 6) is 1.42. The van der Waals surface area contributed by atoms with Gasteiger partial charge in [0, 0.05) is 53.7 Å². The van der Waals surface area contributed by atoms with E-state index in [1.54, 1.807) is 0 Å². The third kappa shape index (κ3) is 2.38. The maximum absolute atomic E-state index is 12.3. The Labute approximate surface area is 141 Å². The van der Waals surface area contributed by atoms with Gasteiger partial charge in [-0.05, 0) is 28.1 Å². The average Bonchev–Trinajstić information content (AvgIpc) is 2.48. The van der Waals surface area contributed by atoms with Gasteiger partial charge < -0.3 is 4.90 Å². The first-order valence-corrected chi connectivity index (χ1v) is 8.69. The number of piperazine rings is 1. The summed E-state index contributed by atoms with van der Waals surface area (Å²) in [4.78, 5) is 21.6. The van der Waals surface area contributed by atoms with Crippen molar-refractivity contribution in [3.05, 3.63) is 22.8 Å². The quantitative estimate of drug-likeness (QED) is 0.807. The molecule has 3 rings (SSSR count). The average molecular weight is 366 g/mol. The number of hydrogen-bond donors (Lipinski definition) is 0. The normalized spacial score (nSPS) is 25.1. The molecular formula is C17H24BrN3O. The molecule has 0 radical (unpaired) electrons. The van der Waals surface area contributed by atoms with Crippen LogP contribution in [0.1, 0.15) is 27.7 Å². The Kier molecular flexibility index (Phi) is 3.84. The Morgan fingerprint density at radius 1 is 1.09 bits per heavy atom. The van der Waals surface area contributed by atoms with Gasteiger partial charge in [-0.25, -0.2) is 4.98 Å². The number of carbonyl (C=O) groups is 1. The van der Waals surface area contributed by atoms with Gasteiger partial charge in [0.25, 0.3) is 0 Å². The predicted molar refractivity (Wildman–Crippen MR) is 92.1 cm³/mol. The molecular weight excluding hydrogens is 342 g/mol. The summed E-state index contributed by atoms with van der Waals surface area (Å²) in [5.41, 5.74) is -0.441. The molecule has 1 saturated carbocycles. The lowest BCUT2D eigenvalue weighted by atomic mass is 9.50. The molecule has 1 aromatic heterocycles. The summed E-state index contributed by atoms with van der Waals surface area (Å²) < 4.78 is 1.01. The molecule has 2 fully saturated rings. The molecule has 1 aromatic rings. The van der Waals surface area contributed by atoms with Crippen LogP contribution in [0.4, 0.5) is 5.82 Å². The number of hydrogen-bond acceptors (Lipinski definition) is 4. The van der Waals surface area contributed by atoms with E-state index in [1.165, 1.54) is 0 Å². The smallest absolute Gasteiger partial charge is 0.147 e. The van der Waals surface area contributed by atoms with E-state index >= 15 is 0 Å². The van der Waals surface area contributed by atoms with E-state index < -0.39 is 0 Å². The number of pyridine rings is 1. The van der Waals surface area contributed by atoms with E-state index in [4.69, 9.17) is 0 Å². The van der Waals surface area contributed by atoms with Crippen molar-refractivity contribution in [1.82, 2.24) is 9.88 Å². The Balaban J connectivity index is 1.67. The van der Waals surface area contributed by atoms with Crippen LogP contribution in [0, 0.1) is 10.8 Å². The fraction of sp³-hybridized carbons (Fsp3) is 0.647. The van der Waals surface area contributed by atoms with Gasteiger partial charge in [-0.15, -0.1) is 0 Å². The highest BCUT2D eigenvalue weighted by Gasteiger charge is 2.63. The van der Waals surface area contributed by atoms with Crippen LogP contribution in [-0.4, -0.2) is 47.9 Å². The van der Waals surface area contributed by atoms with Gasteiger partial charge in [-0.2, -0.15) is 0 Å². The highest BCUT2D eigenvalue weighted by atomic mass is 79.9. The molecule has 2 aliphatic rings. The Hall–Kier alpha value is -0.940. The van der Waals surface area contributed by atoms with Gasteiger partial charge in [0.15, 0.2) is 0 Å². The van der Waals surface area contributed by atoms with E-state index in [-0.39, 0.29) is 10.8 Å². The second-order valence-corrected chi connectivity index (χ2v) is 8.45. The van der Waals surface area contributed by atoms with E-state index in [0.29, 0.717) is 11.8 Å². The van der Waals surface area contributed by atoms with Crippen molar-refractivity contribution in [2.75, 3.05) is 31.1 Å². The number of anilines is 1. The molecule has 0 unspecified atom stereocenters. The topological polar surface area (TPSA) is 36.4 Å². The third-order valence-electron chi connectivity index (χ3n) is 5.25. The van der Waals surface area contributed by atoms with Crippen molar-refractivity contribution in [3.8, 4) is 0 Å². The number of aromatic nitrogens is 1. The standard InChI is InChI=1S/C17H24BrN3O/c1-16(2)14(17(3,4)15(16)22)21-9-7-20(8-10-21)13-6-5-12(18)11-19-13/h5-6,11,14H,7-10H2,1-4H3. The van der Waals surface area contributed by atoms with E-state index in [9.17, 15) is 4.79 Å². The number of Topliss-reactive ketones (excluding diaryl/α,β-unsaturated/α-hetero) is 1. The first-order valence-electron chi connectivity index (χ1n) is 7.90. The number of halogens is 1. The van der Waals surface area contributed by atoms with Crippen LogP contribution in [0.2, 0.25) is 0 Å². The SMILES string of the molecule is CC1(C)C(=O)C(C)(C)C1N1CCN(c2ccc(Br)cn2)CC1. The predicted octanol–water partition coefficient (Wildman–Crippen LogP) is 2.97. The van der Waals surface area contributed by atoms with Crippen molar-refractivity contribution in [3.63, 3.8) is 0 Å². The van der Waals surface area contributed by atoms with Crippen LogP contribution in [0.25, 0.3) is 0 Å². The highest BCUT2D eigenvalue weighted by Crippen LogP contribution is 2.53. The lowest BCUT2D eigenvalue weighted by Gasteiger charge is -2.60. The van der Waals surface area contributed by atoms with Gasteiger partial charge >= 0.3 is 0 Å². The second kappa shape index (κ2) is 5.31. The molecule has 0 N–H and O–H groups in total. The minimum atomic E-state index is -0.221. The molecule has 22 heavy (non-hydrogen) atoms. The van der Waals surface area contributed by atoms with Gasteiger partial charge in [-0.1, -0.05) is 27.7 Å². The molecule has 5 heteroatoms. The largest absolute Gasteiger partial charge is 0.354 e. The van der Waals surface area contributed by atoms with E-state index in [2.05, 4.69) is 64.5 Å². The molecule has 1 aliphatic heterocycles. The molecule has 1 aliphatic carbocycles. The monoisotopic (exact) mass is 365 g/mol. The van der Waals surface area contributed by atoms with Crippen LogP contribution in [-0.2, 0) is 4.79 Å². The number of rotatable bonds is 2. The third-order valence-corrected chi connectivity index (χ3v) is 5.72. The van der Waals surface area contributed by atoms with Gasteiger partial charge in [0.05, 0.1) is 0 Å². The van der Waals surface area contributed by atoms with Gasteiger partial charge in [-0.3, -0.25) is 9.69 Å². The molecule has 4 nitrogen and oxygen atoms in total. The van der Waals surface area contributed by atoms with Crippen LogP contribution in [0.15, 0.2) is 22.8 Å². The molecule has 0 bridgehead atoms. The molecule has 2 heterocycles. The van der Waals surface area contributed by atoms with Crippen LogP contribution in [0.3, 0.4) is 0 Å². The fourth-order valence-electron chi connectivity index (χ4n) is 4.58. The molecule has 0 aromatic carbocycles. The summed E-state index contributed by atoms with van der Waals surface area (Å²) in [6.45, 7) is 12.3. The van der Waals surface area contributed by atoms with Crippen LogP contribution < -0.4 is 4.90 Å². The molecule has 1 saturated heterocycles. The molecule has 120 valence electrons. The zero-order valence-corrected chi connectivity index (χ0v) is 15.4. The van der Waals surface area contributed by atoms with Crippen LogP contribution in [0.5, 0.6) is 0 Å². The van der Waals surface area contributed by atoms with Gasteiger partial charge in [0.1, 0.15) is 11.6 Å². The number of carbonyl (C=O) groups excluding carboxylic acids is 1. The van der Waals surface area contributed by atoms with Crippen molar-refractivity contribution in [1.29, 1.82) is 0 Å². The van der Waals surface area contributed by atoms with Crippen molar-refractivity contribution in [2.24, 2.45) is 10.8 Å². The summed E-state index contributed by atoms with van der Waals surface area (Å²) in [5, 5.41) is 0. The van der Waals surface area contributed by atoms with Crippen molar-refractivity contribution >= 4 is 27.5 Å². The van der Waals surface area contributed by atoms with E-state index in [0.717, 1.165) is 36.5 Å². The zero-order valence-electron chi connectivity index (χ0n) is 13.8. The fourth-order valence-corrected chi connectivity index (χ4v) is 4.81. The lowest BCUT2D eigenvalue weighted by molar-refractivity contribution is -0.170. The Morgan fingerprint density at radius 3 is 2.18 bits per heavy atom. The molecule has 0 spiro atoms. The zero-order chi connectivity index (χ0) is 16.1. The first-order chi connectivity index (χ1) is 10.2. The summed E-state index contributed by atoms with van der Waals surface area (Å²) in [6.07, 6.45) is 1.85. The number of ketones is 1. The summed E-state index contributed by atoms with van der Waals surface area (Å²) in [7, 11) is 0. The van der Waals surface area contributed by atoms with Gasteiger partial charge in [0.2, 0.25) is 0 Å². The highest BCUT2D eigenvalue weighted by molar-refractivity contribution is 9.10. The van der Waals surface area contributed by atoms with Crippen molar-refractivity contribution in [2.45, 2.75) is 33.7 Å². The molecule has 0 amide bonds. The van der Waals surface area contributed by atoms with Crippen LogP contribution >= 0.6 is 15.9 Å². The molecule has 0 atom stereocenters. The minimum Gasteiger partial charge on any atom is -0.354 e. The maximum Gasteiger partial charge on any atom is 0.147 e. The first kappa shape index (κ1) is 15.9. The number of nitrogens with zero attached hydrogens (tertiary/aromatic N) is 3. The van der Waals surface area contributed by atoms with E-state index in [1.807, 2.05) is 12.3 Å².